The fraction of sp³-hybridized carbons (Fsp3) is 0.600. The zero-order valence-corrected chi connectivity index (χ0v) is 13.1. The van der Waals surface area contributed by atoms with Crippen LogP contribution in [0.3, 0.4) is 0 Å². The Balaban J connectivity index is 2.33. The summed E-state index contributed by atoms with van der Waals surface area (Å²) in [5, 5.41) is 3.48. The topological polar surface area (TPSA) is 15.3 Å². The van der Waals surface area contributed by atoms with Crippen molar-refractivity contribution in [2.24, 2.45) is 5.41 Å². The Morgan fingerprint density at radius 3 is 2.48 bits per heavy atom. The number of hydrogen-bond acceptors (Lipinski definition) is 2. The number of benzene rings is 1. The molecule has 6 heteroatoms. The number of anilines is 1. The van der Waals surface area contributed by atoms with Gasteiger partial charge in [-0.1, -0.05) is 32.4 Å². The maximum absolute atomic E-state index is 13.2. The first-order valence-electron chi connectivity index (χ1n) is 6.94. The van der Waals surface area contributed by atoms with Crippen LogP contribution in [0.2, 0.25) is 5.02 Å². The first-order chi connectivity index (χ1) is 9.59. The molecule has 1 aromatic carbocycles. The average Bonchev–Trinajstić information content (AvgIpc) is 2.37. The summed E-state index contributed by atoms with van der Waals surface area (Å²) in [5.74, 6) is 0. The van der Waals surface area contributed by atoms with E-state index in [9.17, 15) is 13.2 Å². The van der Waals surface area contributed by atoms with Gasteiger partial charge < -0.3 is 10.2 Å². The predicted octanol–water partition coefficient (Wildman–Crippen LogP) is 4.18. The maximum atomic E-state index is 13.2. The van der Waals surface area contributed by atoms with Crippen molar-refractivity contribution in [3.8, 4) is 0 Å². The van der Waals surface area contributed by atoms with Crippen LogP contribution in [0.4, 0.5) is 18.9 Å². The molecule has 1 saturated heterocycles. The summed E-state index contributed by atoms with van der Waals surface area (Å²) in [7, 11) is 0. The van der Waals surface area contributed by atoms with E-state index in [1.807, 2.05) is 0 Å². The summed E-state index contributed by atoms with van der Waals surface area (Å²) >= 11 is 5.73. The van der Waals surface area contributed by atoms with Gasteiger partial charge in [0.1, 0.15) is 0 Å². The van der Waals surface area contributed by atoms with E-state index in [0.29, 0.717) is 19.6 Å². The van der Waals surface area contributed by atoms with Gasteiger partial charge in [-0.05, 0) is 23.6 Å². The van der Waals surface area contributed by atoms with E-state index in [4.69, 9.17) is 11.6 Å². The molecule has 0 radical (unpaired) electrons. The molecule has 21 heavy (non-hydrogen) atoms. The van der Waals surface area contributed by atoms with E-state index in [2.05, 4.69) is 26.1 Å². The molecule has 0 saturated carbocycles. The molecule has 1 atom stereocenters. The van der Waals surface area contributed by atoms with Gasteiger partial charge in [0.2, 0.25) is 0 Å². The van der Waals surface area contributed by atoms with Gasteiger partial charge in [-0.2, -0.15) is 13.2 Å². The van der Waals surface area contributed by atoms with Gasteiger partial charge in [0, 0.05) is 36.4 Å². The molecule has 1 unspecified atom stereocenters. The first-order valence-corrected chi connectivity index (χ1v) is 7.32. The molecule has 1 aromatic rings. The van der Waals surface area contributed by atoms with Crippen molar-refractivity contribution in [3.63, 3.8) is 0 Å². The van der Waals surface area contributed by atoms with Crippen molar-refractivity contribution in [1.82, 2.24) is 5.32 Å². The van der Waals surface area contributed by atoms with E-state index >= 15 is 0 Å². The Bertz CT molecular complexity index is 509. The molecule has 2 rings (SSSR count). The fourth-order valence-corrected chi connectivity index (χ4v) is 2.73. The molecule has 1 fully saturated rings. The molecule has 1 N–H and O–H groups in total. The van der Waals surface area contributed by atoms with Crippen molar-refractivity contribution in [2.75, 3.05) is 24.5 Å². The number of piperazine rings is 1. The molecule has 0 amide bonds. The molecule has 1 heterocycles. The summed E-state index contributed by atoms with van der Waals surface area (Å²) in [6.45, 7) is 8.02. The highest BCUT2D eigenvalue weighted by Crippen LogP contribution is 2.39. The zero-order chi connectivity index (χ0) is 15.8. The van der Waals surface area contributed by atoms with E-state index in [0.717, 1.165) is 6.07 Å². The third kappa shape index (κ3) is 3.83. The van der Waals surface area contributed by atoms with Crippen LogP contribution in [0.25, 0.3) is 0 Å². The Labute approximate surface area is 128 Å². The minimum atomic E-state index is -4.40. The van der Waals surface area contributed by atoms with Crippen molar-refractivity contribution in [2.45, 2.75) is 33.0 Å². The molecule has 1 aliphatic heterocycles. The second-order valence-electron chi connectivity index (χ2n) is 6.48. The van der Waals surface area contributed by atoms with Crippen LogP contribution in [-0.2, 0) is 6.18 Å². The van der Waals surface area contributed by atoms with Gasteiger partial charge in [0.15, 0.2) is 0 Å². The molecular weight excluding hydrogens is 301 g/mol. The average molecular weight is 321 g/mol. The molecule has 1 aliphatic rings. The fourth-order valence-electron chi connectivity index (χ4n) is 2.56. The van der Waals surface area contributed by atoms with Gasteiger partial charge in [-0.25, -0.2) is 0 Å². The van der Waals surface area contributed by atoms with Crippen molar-refractivity contribution in [3.05, 3.63) is 28.8 Å². The molecule has 0 bridgehead atoms. The van der Waals surface area contributed by atoms with Gasteiger partial charge in [0.05, 0.1) is 5.56 Å². The zero-order valence-electron chi connectivity index (χ0n) is 12.4. The summed E-state index contributed by atoms with van der Waals surface area (Å²) in [6.07, 6.45) is -4.40. The van der Waals surface area contributed by atoms with Crippen molar-refractivity contribution in [1.29, 1.82) is 0 Å². The minimum Gasteiger partial charge on any atom is -0.368 e. The van der Waals surface area contributed by atoms with Crippen LogP contribution < -0.4 is 10.2 Å². The summed E-state index contributed by atoms with van der Waals surface area (Å²) in [4.78, 5) is 1.80. The maximum Gasteiger partial charge on any atom is 0.418 e. The molecule has 0 spiro atoms. The van der Waals surface area contributed by atoms with E-state index in [1.165, 1.54) is 12.1 Å². The van der Waals surface area contributed by atoms with Gasteiger partial charge in [-0.15, -0.1) is 0 Å². The predicted molar refractivity (Wildman–Crippen MR) is 79.9 cm³/mol. The normalized spacial score (nSPS) is 20.7. The Morgan fingerprint density at radius 1 is 1.24 bits per heavy atom. The smallest absolute Gasteiger partial charge is 0.368 e. The highest BCUT2D eigenvalue weighted by Gasteiger charge is 2.37. The highest BCUT2D eigenvalue weighted by molar-refractivity contribution is 6.30. The summed E-state index contributed by atoms with van der Waals surface area (Å²) in [6, 6.07) is 4.13. The first kappa shape index (κ1) is 16.4. The van der Waals surface area contributed by atoms with Crippen molar-refractivity contribution >= 4 is 17.3 Å². The standard InChI is InChI=1S/C15H20ClF3N2/c1-14(2,3)13-9-21(7-6-20-13)12-5-4-10(16)8-11(12)15(17,18)19/h4-5,8,13,20H,6-7,9H2,1-3H3. The van der Waals surface area contributed by atoms with E-state index in [-0.39, 0.29) is 22.2 Å². The lowest BCUT2D eigenvalue weighted by molar-refractivity contribution is -0.137. The van der Waals surface area contributed by atoms with Gasteiger partial charge in [0.25, 0.3) is 0 Å². The lowest BCUT2D eigenvalue weighted by Gasteiger charge is -2.42. The number of rotatable bonds is 1. The van der Waals surface area contributed by atoms with Crippen LogP contribution in [-0.4, -0.2) is 25.7 Å². The van der Waals surface area contributed by atoms with Crippen LogP contribution in [0.1, 0.15) is 26.3 Å². The SMILES string of the molecule is CC(C)(C)C1CN(c2ccc(Cl)cc2C(F)(F)F)CCN1. The number of alkyl halides is 3. The van der Waals surface area contributed by atoms with E-state index in [1.54, 1.807) is 4.90 Å². The number of nitrogens with zero attached hydrogens (tertiary/aromatic N) is 1. The Morgan fingerprint density at radius 2 is 1.90 bits per heavy atom. The van der Waals surface area contributed by atoms with Crippen LogP contribution >= 0.6 is 11.6 Å². The third-order valence-corrected chi connectivity index (χ3v) is 4.06. The second kappa shape index (κ2) is 5.69. The van der Waals surface area contributed by atoms with Crippen LogP contribution in [0.15, 0.2) is 18.2 Å². The lowest BCUT2D eigenvalue weighted by Crippen LogP contribution is -2.56. The highest BCUT2D eigenvalue weighted by atomic mass is 35.5. The lowest BCUT2D eigenvalue weighted by atomic mass is 9.85. The third-order valence-electron chi connectivity index (χ3n) is 3.83. The largest absolute Gasteiger partial charge is 0.418 e. The minimum absolute atomic E-state index is 0.0104. The van der Waals surface area contributed by atoms with E-state index < -0.39 is 11.7 Å². The van der Waals surface area contributed by atoms with Crippen LogP contribution in [0.5, 0.6) is 0 Å². The Kier molecular flexibility index (Phi) is 4.45. The number of halogens is 4. The second-order valence-corrected chi connectivity index (χ2v) is 6.91. The van der Waals surface area contributed by atoms with Gasteiger partial charge >= 0.3 is 6.18 Å². The summed E-state index contributed by atoms with van der Waals surface area (Å²) < 4.78 is 39.6. The summed E-state index contributed by atoms with van der Waals surface area (Å²) in [5.41, 5.74) is -0.462. The monoisotopic (exact) mass is 320 g/mol. The molecule has 2 nitrogen and oxygen atoms in total. The van der Waals surface area contributed by atoms with Gasteiger partial charge in [-0.3, -0.25) is 0 Å². The number of nitrogens with one attached hydrogen (secondary N) is 1. The van der Waals surface area contributed by atoms with Crippen molar-refractivity contribution < 1.29 is 13.2 Å². The Hall–Kier alpha value is -0.940. The molecule has 0 aliphatic carbocycles. The number of hydrogen-bond donors (Lipinski definition) is 1. The molecular formula is C15H20ClF3N2. The quantitative estimate of drug-likeness (QED) is 0.835. The molecule has 118 valence electrons. The van der Waals surface area contributed by atoms with Crippen LogP contribution in [0, 0.1) is 5.41 Å². The molecule has 0 aromatic heterocycles.